The van der Waals surface area contributed by atoms with Gasteiger partial charge in [-0.05, 0) is 18.6 Å². The summed E-state index contributed by atoms with van der Waals surface area (Å²) in [6, 6.07) is 5.01. The standard InChI is InChI=1S/C15H22N2O5S/c1-17(11-6-7-23(19,20)10-11)15(18)9-16-13-5-4-12(21-2)8-14(13)22-3/h4-5,8,11,16H,6-7,9-10H2,1-3H3/t11-/m1/s1. The van der Waals surface area contributed by atoms with Gasteiger partial charge < -0.3 is 19.7 Å². The highest BCUT2D eigenvalue weighted by Gasteiger charge is 2.32. The first-order valence-electron chi connectivity index (χ1n) is 7.28. The number of anilines is 1. The molecule has 23 heavy (non-hydrogen) atoms. The molecular weight excluding hydrogens is 320 g/mol. The molecule has 0 unspecified atom stereocenters. The highest BCUT2D eigenvalue weighted by atomic mass is 32.2. The highest BCUT2D eigenvalue weighted by Crippen LogP contribution is 2.28. The summed E-state index contributed by atoms with van der Waals surface area (Å²) in [6.07, 6.45) is 0.496. The minimum absolute atomic E-state index is 0.0428. The van der Waals surface area contributed by atoms with Gasteiger partial charge in [-0.1, -0.05) is 0 Å². The van der Waals surface area contributed by atoms with Gasteiger partial charge in [0.25, 0.3) is 0 Å². The van der Waals surface area contributed by atoms with Crippen molar-refractivity contribution in [2.24, 2.45) is 0 Å². The fraction of sp³-hybridized carbons (Fsp3) is 0.533. The van der Waals surface area contributed by atoms with Crippen LogP contribution in [0.5, 0.6) is 11.5 Å². The second kappa shape index (κ2) is 7.08. The molecule has 1 aliphatic heterocycles. The fourth-order valence-electron chi connectivity index (χ4n) is 2.52. The van der Waals surface area contributed by atoms with Crippen LogP contribution in [0.1, 0.15) is 6.42 Å². The molecule has 1 fully saturated rings. The lowest BCUT2D eigenvalue weighted by atomic mass is 10.2. The Hall–Kier alpha value is -1.96. The maximum atomic E-state index is 12.2. The number of methoxy groups -OCH3 is 2. The molecule has 2 rings (SSSR count). The predicted molar refractivity (Wildman–Crippen MR) is 87.9 cm³/mol. The molecule has 8 heteroatoms. The van der Waals surface area contributed by atoms with Crippen molar-refractivity contribution in [2.45, 2.75) is 12.5 Å². The van der Waals surface area contributed by atoms with Crippen LogP contribution in [0.3, 0.4) is 0 Å². The van der Waals surface area contributed by atoms with E-state index in [4.69, 9.17) is 9.47 Å². The first kappa shape index (κ1) is 17.4. The van der Waals surface area contributed by atoms with Gasteiger partial charge in [0.2, 0.25) is 5.91 Å². The van der Waals surface area contributed by atoms with E-state index in [1.165, 1.54) is 12.0 Å². The number of hydrogen-bond donors (Lipinski definition) is 1. The Labute approximate surface area is 136 Å². The monoisotopic (exact) mass is 342 g/mol. The van der Waals surface area contributed by atoms with Crippen molar-refractivity contribution in [3.05, 3.63) is 18.2 Å². The molecule has 0 aromatic heterocycles. The lowest BCUT2D eigenvalue weighted by Crippen LogP contribution is -2.40. The number of carbonyl (C=O) groups excluding carboxylic acids is 1. The maximum Gasteiger partial charge on any atom is 0.241 e. The van der Waals surface area contributed by atoms with Crippen molar-refractivity contribution in [2.75, 3.05) is 44.6 Å². The third-order valence-corrected chi connectivity index (χ3v) is 5.74. The van der Waals surface area contributed by atoms with E-state index < -0.39 is 9.84 Å². The number of nitrogens with zero attached hydrogens (tertiary/aromatic N) is 1. The van der Waals surface area contributed by atoms with Gasteiger partial charge in [-0.3, -0.25) is 4.79 Å². The summed E-state index contributed by atoms with van der Waals surface area (Å²) in [6.45, 7) is 0.0652. The van der Waals surface area contributed by atoms with E-state index >= 15 is 0 Å². The zero-order valence-electron chi connectivity index (χ0n) is 13.5. The van der Waals surface area contributed by atoms with Crippen molar-refractivity contribution >= 4 is 21.4 Å². The molecule has 1 N–H and O–H groups in total. The SMILES string of the molecule is COc1ccc(NCC(=O)N(C)[C@@H]2CCS(=O)(=O)C2)c(OC)c1. The summed E-state index contributed by atoms with van der Waals surface area (Å²) in [7, 11) is 1.74. The molecule has 1 aromatic rings. The Bertz CT molecular complexity index is 674. The summed E-state index contributed by atoms with van der Waals surface area (Å²) in [5.41, 5.74) is 0.675. The van der Waals surface area contributed by atoms with Crippen LogP contribution in [0.25, 0.3) is 0 Å². The van der Waals surface area contributed by atoms with Crippen LogP contribution in [-0.2, 0) is 14.6 Å². The lowest BCUT2D eigenvalue weighted by molar-refractivity contribution is -0.129. The molecule has 7 nitrogen and oxygen atoms in total. The first-order valence-corrected chi connectivity index (χ1v) is 9.10. The predicted octanol–water partition coefficient (Wildman–Crippen LogP) is 0.761. The summed E-state index contributed by atoms with van der Waals surface area (Å²) in [4.78, 5) is 13.7. The Morgan fingerprint density at radius 3 is 2.65 bits per heavy atom. The molecule has 1 aliphatic rings. The molecule has 128 valence electrons. The molecule has 1 amide bonds. The largest absolute Gasteiger partial charge is 0.497 e. The van der Waals surface area contributed by atoms with Gasteiger partial charge in [-0.2, -0.15) is 0 Å². The number of nitrogens with one attached hydrogen (secondary N) is 1. The van der Waals surface area contributed by atoms with Crippen LogP contribution in [0, 0.1) is 0 Å². The van der Waals surface area contributed by atoms with E-state index in [2.05, 4.69) is 5.32 Å². The smallest absolute Gasteiger partial charge is 0.241 e. The van der Waals surface area contributed by atoms with Gasteiger partial charge in [0, 0.05) is 19.2 Å². The Morgan fingerprint density at radius 2 is 2.09 bits per heavy atom. The number of benzene rings is 1. The zero-order valence-corrected chi connectivity index (χ0v) is 14.4. The van der Waals surface area contributed by atoms with Gasteiger partial charge in [0.1, 0.15) is 11.5 Å². The van der Waals surface area contributed by atoms with E-state index in [-0.39, 0.29) is 30.0 Å². The number of likely N-dealkylation sites (N-methyl/N-ethyl adjacent to an activating group) is 1. The maximum absolute atomic E-state index is 12.2. The molecule has 1 heterocycles. The second-order valence-corrected chi connectivity index (χ2v) is 7.71. The molecule has 1 saturated heterocycles. The molecule has 0 aliphatic carbocycles. The van der Waals surface area contributed by atoms with E-state index in [1.807, 2.05) is 0 Å². The summed E-state index contributed by atoms with van der Waals surface area (Å²) < 4.78 is 33.4. The van der Waals surface area contributed by atoms with E-state index in [9.17, 15) is 13.2 Å². The van der Waals surface area contributed by atoms with E-state index in [0.717, 1.165) is 0 Å². The first-order chi connectivity index (χ1) is 10.9. The fourth-order valence-corrected chi connectivity index (χ4v) is 4.30. The average Bonchev–Trinajstić information content (AvgIpc) is 2.91. The number of ether oxygens (including phenoxy) is 2. The summed E-state index contributed by atoms with van der Waals surface area (Å²) in [5, 5.41) is 3.02. The number of hydrogen-bond acceptors (Lipinski definition) is 6. The normalized spacial score (nSPS) is 19.2. The topological polar surface area (TPSA) is 84.9 Å². The van der Waals surface area contributed by atoms with Gasteiger partial charge in [0.15, 0.2) is 9.84 Å². The summed E-state index contributed by atoms with van der Waals surface area (Å²) in [5.74, 6) is 1.26. The Kier molecular flexibility index (Phi) is 5.35. The number of amides is 1. The molecule has 0 radical (unpaired) electrons. The minimum Gasteiger partial charge on any atom is -0.497 e. The van der Waals surface area contributed by atoms with E-state index in [0.29, 0.717) is 23.6 Å². The molecule has 1 aromatic carbocycles. The van der Waals surface area contributed by atoms with Crippen LogP contribution in [0.15, 0.2) is 18.2 Å². The molecule has 0 spiro atoms. The average molecular weight is 342 g/mol. The van der Waals surface area contributed by atoms with Crippen LogP contribution in [0.2, 0.25) is 0 Å². The van der Waals surface area contributed by atoms with Crippen molar-refractivity contribution < 1.29 is 22.7 Å². The molecule has 1 atom stereocenters. The number of carbonyl (C=O) groups is 1. The quantitative estimate of drug-likeness (QED) is 0.822. The number of rotatable bonds is 6. The van der Waals surface area contributed by atoms with Crippen LogP contribution >= 0.6 is 0 Å². The van der Waals surface area contributed by atoms with Gasteiger partial charge in [0.05, 0.1) is 38.0 Å². The number of sulfone groups is 1. The van der Waals surface area contributed by atoms with Crippen LogP contribution in [0.4, 0.5) is 5.69 Å². The Balaban J connectivity index is 1.96. The van der Waals surface area contributed by atoms with E-state index in [1.54, 1.807) is 32.4 Å². The van der Waals surface area contributed by atoms with Crippen molar-refractivity contribution in [1.29, 1.82) is 0 Å². The van der Waals surface area contributed by atoms with Gasteiger partial charge in [-0.25, -0.2) is 8.42 Å². The lowest BCUT2D eigenvalue weighted by Gasteiger charge is -2.24. The van der Waals surface area contributed by atoms with Crippen molar-refractivity contribution in [3.63, 3.8) is 0 Å². The molecule has 0 bridgehead atoms. The van der Waals surface area contributed by atoms with Gasteiger partial charge in [-0.15, -0.1) is 0 Å². The third-order valence-electron chi connectivity index (χ3n) is 3.99. The molecule has 0 saturated carbocycles. The highest BCUT2D eigenvalue weighted by molar-refractivity contribution is 7.91. The van der Waals surface area contributed by atoms with Crippen molar-refractivity contribution in [1.82, 2.24) is 4.90 Å². The molecular formula is C15H22N2O5S. The van der Waals surface area contributed by atoms with Crippen molar-refractivity contribution in [3.8, 4) is 11.5 Å². The Morgan fingerprint density at radius 1 is 1.35 bits per heavy atom. The van der Waals surface area contributed by atoms with Gasteiger partial charge >= 0.3 is 0 Å². The third kappa shape index (κ3) is 4.28. The second-order valence-electron chi connectivity index (χ2n) is 5.48. The van der Waals surface area contributed by atoms with Crippen LogP contribution in [-0.4, -0.2) is 64.6 Å². The zero-order chi connectivity index (χ0) is 17.0. The minimum atomic E-state index is -3.01. The summed E-state index contributed by atoms with van der Waals surface area (Å²) >= 11 is 0. The van der Waals surface area contributed by atoms with Crippen LogP contribution < -0.4 is 14.8 Å².